The second kappa shape index (κ2) is 6.37. The van der Waals surface area contributed by atoms with Crippen LogP contribution in [0.15, 0.2) is 18.2 Å². The lowest BCUT2D eigenvalue weighted by Crippen LogP contribution is -2.29. The molecule has 1 aliphatic rings. The molecule has 0 radical (unpaired) electrons. The fraction of sp³-hybridized carbons (Fsp3) is 0.500. The van der Waals surface area contributed by atoms with E-state index in [0.717, 1.165) is 38.2 Å². The number of nitrogens with zero attached hydrogens (tertiary/aromatic N) is 1. The van der Waals surface area contributed by atoms with E-state index in [0.29, 0.717) is 10.6 Å². The van der Waals surface area contributed by atoms with Crippen molar-refractivity contribution in [2.75, 3.05) is 19.7 Å². The second-order valence-corrected chi connectivity index (χ2v) is 5.40. The molecule has 104 valence electrons. The molecule has 2 rings (SSSR count). The molecule has 5 heteroatoms. The van der Waals surface area contributed by atoms with Gasteiger partial charge in [0.25, 0.3) is 0 Å². The van der Waals surface area contributed by atoms with E-state index >= 15 is 0 Å². The zero-order valence-electron chi connectivity index (χ0n) is 11.2. The van der Waals surface area contributed by atoms with Gasteiger partial charge in [-0.25, -0.2) is 0 Å². The minimum absolute atomic E-state index is 0.0465. The van der Waals surface area contributed by atoms with Gasteiger partial charge in [0.05, 0.1) is 6.10 Å². The van der Waals surface area contributed by atoms with Gasteiger partial charge < -0.3 is 10.5 Å². The van der Waals surface area contributed by atoms with Gasteiger partial charge in [-0.3, -0.25) is 10.3 Å². The highest BCUT2D eigenvalue weighted by Gasteiger charge is 2.16. The molecular weight excluding hydrogens is 262 g/mol. The molecule has 1 aliphatic heterocycles. The van der Waals surface area contributed by atoms with Crippen LogP contribution in [0.4, 0.5) is 0 Å². The van der Waals surface area contributed by atoms with Crippen molar-refractivity contribution in [2.24, 2.45) is 5.73 Å². The molecule has 0 aliphatic carbocycles. The third kappa shape index (κ3) is 3.93. The Morgan fingerprint density at radius 1 is 1.58 bits per heavy atom. The molecule has 0 spiro atoms. The Kier molecular flexibility index (Phi) is 4.80. The summed E-state index contributed by atoms with van der Waals surface area (Å²) in [5.74, 6) is 0.0465. The van der Waals surface area contributed by atoms with Crippen LogP contribution in [0.2, 0.25) is 5.02 Å². The molecule has 1 unspecified atom stereocenters. The minimum atomic E-state index is 0.0465. The van der Waals surface area contributed by atoms with Crippen molar-refractivity contribution < 1.29 is 4.74 Å². The lowest BCUT2D eigenvalue weighted by Gasteiger charge is -2.22. The van der Waals surface area contributed by atoms with E-state index in [1.807, 2.05) is 12.1 Å². The number of rotatable bonds is 3. The van der Waals surface area contributed by atoms with Crippen LogP contribution in [0.3, 0.4) is 0 Å². The summed E-state index contributed by atoms with van der Waals surface area (Å²) in [6.45, 7) is 5.68. The predicted molar refractivity (Wildman–Crippen MR) is 77.8 cm³/mol. The Morgan fingerprint density at radius 2 is 2.37 bits per heavy atom. The van der Waals surface area contributed by atoms with E-state index in [1.165, 1.54) is 0 Å². The molecule has 1 fully saturated rings. The SMILES string of the molecule is CC1CN(Cc2ccc(C(=N)N)cc2Cl)CCCO1. The molecule has 1 aromatic carbocycles. The first-order valence-electron chi connectivity index (χ1n) is 6.53. The standard InChI is InChI=1S/C14H20ClN3O/c1-10-8-18(5-2-6-19-10)9-12-4-3-11(14(16)17)7-13(12)15/h3-4,7,10H,2,5-6,8-9H2,1H3,(H3,16,17). The van der Waals surface area contributed by atoms with Crippen LogP contribution in [0, 0.1) is 5.41 Å². The zero-order chi connectivity index (χ0) is 13.8. The molecule has 0 amide bonds. The molecule has 1 aromatic rings. The number of nitrogens with two attached hydrogens (primary N) is 1. The monoisotopic (exact) mass is 281 g/mol. The molecule has 0 bridgehead atoms. The van der Waals surface area contributed by atoms with Crippen LogP contribution in [-0.4, -0.2) is 36.5 Å². The summed E-state index contributed by atoms with van der Waals surface area (Å²) in [4.78, 5) is 2.35. The number of ether oxygens (including phenoxy) is 1. The molecule has 0 saturated carbocycles. The van der Waals surface area contributed by atoms with Gasteiger partial charge in [0.15, 0.2) is 0 Å². The molecule has 1 heterocycles. The van der Waals surface area contributed by atoms with Gasteiger partial charge in [0.2, 0.25) is 0 Å². The predicted octanol–water partition coefficient (Wildman–Crippen LogP) is 2.23. The average molecular weight is 282 g/mol. The quantitative estimate of drug-likeness (QED) is 0.660. The Morgan fingerprint density at radius 3 is 3.05 bits per heavy atom. The average Bonchev–Trinajstić information content (AvgIpc) is 2.56. The number of nitrogens with one attached hydrogen (secondary N) is 1. The maximum Gasteiger partial charge on any atom is 0.122 e. The summed E-state index contributed by atoms with van der Waals surface area (Å²) in [6, 6.07) is 5.56. The number of hydrogen-bond donors (Lipinski definition) is 2. The van der Waals surface area contributed by atoms with Crippen molar-refractivity contribution in [3.05, 3.63) is 34.3 Å². The number of halogens is 1. The van der Waals surface area contributed by atoms with Gasteiger partial charge in [-0.05, 0) is 25.0 Å². The third-order valence-electron chi connectivity index (χ3n) is 3.29. The van der Waals surface area contributed by atoms with Crippen LogP contribution < -0.4 is 5.73 Å². The molecule has 1 saturated heterocycles. The highest BCUT2D eigenvalue weighted by atomic mass is 35.5. The van der Waals surface area contributed by atoms with Crippen molar-refractivity contribution >= 4 is 17.4 Å². The zero-order valence-corrected chi connectivity index (χ0v) is 11.9. The molecular formula is C14H20ClN3O. The topological polar surface area (TPSA) is 62.3 Å². The molecule has 19 heavy (non-hydrogen) atoms. The number of amidine groups is 1. The first kappa shape index (κ1) is 14.3. The summed E-state index contributed by atoms with van der Waals surface area (Å²) in [5, 5.41) is 8.07. The number of benzene rings is 1. The molecule has 4 nitrogen and oxygen atoms in total. The molecule has 3 N–H and O–H groups in total. The molecule has 0 aromatic heterocycles. The van der Waals surface area contributed by atoms with Crippen LogP contribution in [-0.2, 0) is 11.3 Å². The summed E-state index contributed by atoms with van der Waals surface area (Å²) in [7, 11) is 0. The van der Waals surface area contributed by atoms with E-state index in [4.69, 9.17) is 27.5 Å². The highest BCUT2D eigenvalue weighted by Crippen LogP contribution is 2.20. The van der Waals surface area contributed by atoms with E-state index in [-0.39, 0.29) is 11.9 Å². The van der Waals surface area contributed by atoms with Crippen molar-refractivity contribution in [1.29, 1.82) is 5.41 Å². The summed E-state index contributed by atoms with van der Waals surface area (Å²) < 4.78 is 5.63. The fourth-order valence-corrected chi connectivity index (χ4v) is 2.55. The second-order valence-electron chi connectivity index (χ2n) is 4.99. The van der Waals surface area contributed by atoms with Gasteiger partial charge >= 0.3 is 0 Å². The van der Waals surface area contributed by atoms with Crippen LogP contribution in [0.1, 0.15) is 24.5 Å². The Labute approximate surface area is 119 Å². The van der Waals surface area contributed by atoms with Crippen LogP contribution in [0.5, 0.6) is 0 Å². The summed E-state index contributed by atoms with van der Waals surface area (Å²) in [5.41, 5.74) is 7.19. The van der Waals surface area contributed by atoms with Gasteiger partial charge in [-0.15, -0.1) is 0 Å². The van der Waals surface area contributed by atoms with Gasteiger partial charge in [0, 0.05) is 36.8 Å². The Bertz CT molecular complexity index is 464. The van der Waals surface area contributed by atoms with E-state index in [9.17, 15) is 0 Å². The highest BCUT2D eigenvalue weighted by molar-refractivity contribution is 6.31. The van der Waals surface area contributed by atoms with E-state index < -0.39 is 0 Å². The van der Waals surface area contributed by atoms with Gasteiger partial charge in [0.1, 0.15) is 5.84 Å². The van der Waals surface area contributed by atoms with E-state index in [2.05, 4.69) is 11.8 Å². The maximum absolute atomic E-state index is 7.40. The smallest absolute Gasteiger partial charge is 0.122 e. The van der Waals surface area contributed by atoms with Gasteiger partial charge in [-0.1, -0.05) is 23.7 Å². The Balaban J connectivity index is 2.07. The maximum atomic E-state index is 7.40. The minimum Gasteiger partial charge on any atom is -0.384 e. The lowest BCUT2D eigenvalue weighted by atomic mass is 10.1. The number of hydrogen-bond acceptors (Lipinski definition) is 3. The van der Waals surface area contributed by atoms with Crippen LogP contribution in [0.25, 0.3) is 0 Å². The van der Waals surface area contributed by atoms with Crippen LogP contribution >= 0.6 is 11.6 Å². The normalized spacial score (nSPS) is 21.1. The first-order valence-corrected chi connectivity index (χ1v) is 6.91. The first-order chi connectivity index (χ1) is 9.06. The largest absolute Gasteiger partial charge is 0.384 e. The van der Waals surface area contributed by atoms with Crippen molar-refractivity contribution in [1.82, 2.24) is 4.90 Å². The van der Waals surface area contributed by atoms with Crippen molar-refractivity contribution in [3.63, 3.8) is 0 Å². The lowest BCUT2D eigenvalue weighted by molar-refractivity contribution is 0.0668. The summed E-state index contributed by atoms with van der Waals surface area (Å²) >= 11 is 6.26. The van der Waals surface area contributed by atoms with E-state index in [1.54, 1.807) is 6.07 Å². The fourth-order valence-electron chi connectivity index (χ4n) is 2.31. The Hall–Kier alpha value is -1.10. The third-order valence-corrected chi connectivity index (χ3v) is 3.65. The number of nitrogen functional groups attached to an aromatic ring is 1. The summed E-state index contributed by atoms with van der Waals surface area (Å²) in [6.07, 6.45) is 1.31. The van der Waals surface area contributed by atoms with Crippen molar-refractivity contribution in [3.8, 4) is 0 Å². The van der Waals surface area contributed by atoms with Gasteiger partial charge in [-0.2, -0.15) is 0 Å². The van der Waals surface area contributed by atoms with Crippen molar-refractivity contribution in [2.45, 2.75) is 26.0 Å². The molecule has 1 atom stereocenters.